The Labute approximate surface area is 166 Å². The van der Waals surface area contributed by atoms with Gasteiger partial charge in [0, 0.05) is 49.0 Å². The van der Waals surface area contributed by atoms with Crippen molar-refractivity contribution >= 4 is 11.6 Å². The minimum atomic E-state index is -0.0406. The number of aromatic nitrogens is 2. The summed E-state index contributed by atoms with van der Waals surface area (Å²) < 4.78 is 1.95. The molecule has 0 saturated carbocycles. The van der Waals surface area contributed by atoms with Crippen LogP contribution in [0.3, 0.4) is 0 Å². The van der Waals surface area contributed by atoms with Gasteiger partial charge in [-0.25, -0.2) is 4.98 Å². The smallest absolute Gasteiger partial charge is 0.251 e. The van der Waals surface area contributed by atoms with Crippen LogP contribution in [0.15, 0.2) is 67.3 Å². The molecule has 5 heteroatoms. The van der Waals surface area contributed by atoms with Crippen molar-refractivity contribution in [1.29, 1.82) is 0 Å². The molecule has 144 valence electrons. The Bertz CT molecular complexity index is 877. The zero-order valence-electron chi connectivity index (χ0n) is 16.1. The molecule has 0 unspecified atom stereocenters. The van der Waals surface area contributed by atoms with Crippen LogP contribution in [-0.2, 0) is 6.54 Å². The van der Waals surface area contributed by atoms with E-state index in [1.165, 1.54) is 31.4 Å². The molecule has 0 spiro atoms. The third kappa shape index (κ3) is 4.42. The summed E-state index contributed by atoms with van der Waals surface area (Å²) in [5.74, 6) is -0.0406. The predicted octanol–water partition coefficient (Wildman–Crippen LogP) is 4.18. The van der Waals surface area contributed by atoms with Crippen LogP contribution >= 0.6 is 0 Å². The molecule has 0 atom stereocenters. The monoisotopic (exact) mass is 374 g/mol. The number of anilines is 1. The van der Waals surface area contributed by atoms with Crippen LogP contribution < -0.4 is 10.2 Å². The van der Waals surface area contributed by atoms with Gasteiger partial charge in [-0.15, -0.1) is 0 Å². The maximum Gasteiger partial charge on any atom is 0.251 e. The van der Waals surface area contributed by atoms with Gasteiger partial charge in [-0.1, -0.05) is 25.0 Å². The first-order chi connectivity index (χ1) is 13.8. The first-order valence-corrected chi connectivity index (χ1v) is 10.00. The molecule has 5 nitrogen and oxygen atoms in total. The van der Waals surface area contributed by atoms with E-state index in [0.29, 0.717) is 12.1 Å². The highest BCUT2D eigenvalue weighted by Crippen LogP contribution is 2.20. The molecule has 3 aromatic rings. The van der Waals surface area contributed by atoms with Gasteiger partial charge >= 0.3 is 0 Å². The highest BCUT2D eigenvalue weighted by molar-refractivity contribution is 5.94. The SMILES string of the molecule is O=C(NCc1ccc(-n2ccnc2)cc1)c1ccc(N2CCCCCC2)cc1. The molecule has 1 N–H and O–H groups in total. The highest BCUT2D eigenvalue weighted by Gasteiger charge is 2.11. The summed E-state index contributed by atoms with van der Waals surface area (Å²) in [6.45, 7) is 2.73. The van der Waals surface area contributed by atoms with Crippen LogP contribution in [0.1, 0.15) is 41.6 Å². The number of imidazole rings is 1. The standard InChI is InChI=1S/C23H26N4O/c28-23(20-7-11-21(12-8-20)26-14-3-1-2-4-15-26)25-17-19-5-9-22(10-6-19)27-16-13-24-18-27/h5-13,16,18H,1-4,14-15,17H2,(H,25,28). The van der Waals surface area contributed by atoms with Crippen LogP contribution in [0.2, 0.25) is 0 Å². The Hall–Kier alpha value is -3.08. The molecule has 1 amide bonds. The number of nitrogens with zero attached hydrogens (tertiary/aromatic N) is 3. The maximum absolute atomic E-state index is 12.5. The third-order valence-electron chi connectivity index (χ3n) is 5.29. The molecule has 1 aliphatic rings. The van der Waals surface area contributed by atoms with Crippen molar-refractivity contribution in [2.45, 2.75) is 32.2 Å². The minimum Gasteiger partial charge on any atom is -0.372 e. The van der Waals surface area contributed by atoms with Crippen LogP contribution in [-0.4, -0.2) is 28.5 Å². The van der Waals surface area contributed by atoms with Gasteiger partial charge in [-0.3, -0.25) is 4.79 Å². The van der Waals surface area contributed by atoms with Crippen molar-refractivity contribution < 1.29 is 4.79 Å². The summed E-state index contributed by atoms with van der Waals surface area (Å²) in [5, 5.41) is 3.01. The summed E-state index contributed by atoms with van der Waals surface area (Å²) in [7, 11) is 0. The number of nitrogens with one attached hydrogen (secondary N) is 1. The van der Waals surface area contributed by atoms with E-state index >= 15 is 0 Å². The van der Waals surface area contributed by atoms with Crippen molar-refractivity contribution in [2.24, 2.45) is 0 Å². The Morgan fingerprint density at radius 3 is 2.21 bits per heavy atom. The van der Waals surface area contributed by atoms with E-state index in [4.69, 9.17) is 0 Å². The lowest BCUT2D eigenvalue weighted by molar-refractivity contribution is 0.0951. The van der Waals surface area contributed by atoms with E-state index in [-0.39, 0.29) is 5.91 Å². The van der Waals surface area contributed by atoms with Crippen LogP contribution in [0.5, 0.6) is 0 Å². The molecule has 28 heavy (non-hydrogen) atoms. The van der Waals surface area contributed by atoms with Gasteiger partial charge in [0.05, 0.1) is 6.33 Å². The van der Waals surface area contributed by atoms with Gasteiger partial charge in [-0.05, 0) is 54.8 Å². The Morgan fingerprint density at radius 1 is 0.893 bits per heavy atom. The van der Waals surface area contributed by atoms with Gasteiger partial charge in [0.1, 0.15) is 0 Å². The van der Waals surface area contributed by atoms with Gasteiger partial charge in [0.2, 0.25) is 0 Å². The van der Waals surface area contributed by atoms with Crippen LogP contribution in [0.25, 0.3) is 5.69 Å². The molecular formula is C23H26N4O. The number of hydrogen-bond donors (Lipinski definition) is 1. The molecule has 1 fully saturated rings. The molecule has 2 aromatic carbocycles. The maximum atomic E-state index is 12.5. The number of benzene rings is 2. The zero-order valence-corrected chi connectivity index (χ0v) is 16.1. The van der Waals surface area contributed by atoms with Crippen molar-refractivity contribution in [1.82, 2.24) is 14.9 Å². The number of amides is 1. The summed E-state index contributed by atoms with van der Waals surface area (Å²) in [4.78, 5) is 19.0. The molecule has 0 aliphatic carbocycles. The van der Waals surface area contributed by atoms with Crippen molar-refractivity contribution in [3.8, 4) is 5.69 Å². The van der Waals surface area contributed by atoms with E-state index in [1.807, 2.05) is 47.2 Å². The van der Waals surface area contributed by atoms with E-state index in [2.05, 4.69) is 27.3 Å². The lowest BCUT2D eigenvalue weighted by Crippen LogP contribution is -2.25. The molecular weight excluding hydrogens is 348 g/mol. The summed E-state index contributed by atoms with van der Waals surface area (Å²) >= 11 is 0. The average Bonchev–Trinajstić information content (AvgIpc) is 3.15. The van der Waals surface area contributed by atoms with E-state index in [1.54, 1.807) is 12.5 Å². The van der Waals surface area contributed by atoms with Crippen molar-refractivity contribution in [3.05, 3.63) is 78.4 Å². The lowest BCUT2D eigenvalue weighted by atomic mass is 10.1. The normalized spacial score (nSPS) is 14.5. The Balaban J connectivity index is 1.33. The second-order valence-electron chi connectivity index (χ2n) is 7.27. The largest absolute Gasteiger partial charge is 0.372 e. The Morgan fingerprint density at radius 2 is 1.57 bits per heavy atom. The number of carbonyl (C=O) groups excluding carboxylic acids is 1. The second-order valence-corrected chi connectivity index (χ2v) is 7.27. The molecule has 0 bridgehead atoms. The van der Waals surface area contributed by atoms with Gasteiger partial charge in [0.25, 0.3) is 5.91 Å². The summed E-state index contributed by atoms with van der Waals surface area (Å²) in [6, 6.07) is 16.1. The highest BCUT2D eigenvalue weighted by atomic mass is 16.1. The molecule has 2 heterocycles. The topological polar surface area (TPSA) is 50.2 Å². The fourth-order valence-corrected chi connectivity index (χ4v) is 3.63. The fourth-order valence-electron chi connectivity index (χ4n) is 3.63. The lowest BCUT2D eigenvalue weighted by Gasteiger charge is -2.22. The van der Waals surface area contributed by atoms with Crippen LogP contribution in [0.4, 0.5) is 5.69 Å². The number of carbonyl (C=O) groups is 1. The third-order valence-corrected chi connectivity index (χ3v) is 5.29. The first-order valence-electron chi connectivity index (χ1n) is 10.00. The predicted molar refractivity (Wildman–Crippen MR) is 112 cm³/mol. The molecule has 4 rings (SSSR count). The van der Waals surface area contributed by atoms with Crippen molar-refractivity contribution in [2.75, 3.05) is 18.0 Å². The number of rotatable bonds is 5. The van der Waals surface area contributed by atoms with Gasteiger partial charge in [-0.2, -0.15) is 0 Å². The Kier molecular flexibility index (Phi) is 5.71. The second kappa shape index (κ2) is 8.74. The fraction of sp³-hybridized carbons (Fsp3) is 0.304. The first kappa shape index (κ1) is 18.3. The van der Waals surface area contributed by atoms with E-state index in [9.17, 15) is 4.79 Å². The zero-order chi connectivity index (χ0) is 19.2. The average molecular weight is 374 g/mol. The quantitative estimate of drug-likeness (QED) is 0.729. The molecule has 0 radical (unpaired) electrons. The van der Waals surface area contributed by atoms with Gasteiger partial charge in [0.15, 0.2) is 0 Å². The van der Waals surface area contributed by atoms with E-state index in [0.717, 1.165) is 24.3 Å². The minimum absolute atomic E-state index is 0.0406. The molecule has 1 aromatic heterocycles. The van der Waals surface area contributed by atoms with Crippen LogP contribution in [0, 0.1) is 0 Å². The van der Waals surface area contributed by atoms with E-state index < -0.39 is 0 Å². The molecule has 1 saturated heterocycles. The van der Waals surface area contributed by atoms with Crippen molar-refractivity contribution in [3.63, 3.8) is 0 Å². The molecule has 1 aliphatic heterocycles. The van der Waals surface area contributed by atoms with Gasteiger partial charge < -0.3 is 14.8 Å². The number of hydrogen-bond acceptors (Lipinski definition) is 3. The summed E-state index contributed by atoms with van der Waals surface area (Å²) in [6.07, 6.45) is 10.6. The summed E-state index contributed by atoms with van der Waals surface area (Å²) in [5.41, 5.74) is 4.04.